The van der Waals surface area contributed by atoms with Crippen LogP contribution in [0.5, 0.6) is 17.2 Å². The van der Waals surface area contributed by atoms with Crippen molar-refractivity contribution in [2.45, 2.75) is 19.8 Å². The molecule has 1 aliphatic rings. The smallest absolute Gasteiger partial charge is 0.227 e. The van der Waals surface area contributed by atoms with E-state index in [4.69, 9.17) is 14.2 Å². The van der Waals surface area contributed by atoms with E-state index in [1.807, 2.05) is 19.1 Å². The largest absolute Gasteiger partial charge is 0.493 e. The van der Waals surface area contributed by atoms with Crippen molar-refractivity contribution >= 4 is 17.4 Å². The summed E-state index contributed by atoms with van der Waals surface area (Å²) < 4.78 is 16.0. The summed E-state index contributed by atoms with van der Waals surface area (Å²) in [5.41, 5.74) is 1.51. The predicted molar refractivity (Wildman–Crippen MR) is 106 cm³/mol. The first-order valence-electron chi connectivity index (χ1n) is 9.22. The molecule has 1 N–H and O–H groups in total. The van der Waals surface area contributed by atoms with Crippen LogP contribution in [0.2, 0.25) is 0 Å². The molecule has 3 rings (SSSR count). The van der Waals surface area contributed by atoms with Gasteiger partial charge in [0.05, 0.1) is 27.0 Å². The summed E-state index contributed by atoms with van der Waals surface area (Å²) in [4.78, 5) is 14.9. The maximum absolute atomic E-state index is 12.7. The molecule has 0 bridgehead atoms. The van der Waals surface area contributed by atoms with Gasteiger partial charge in [-0.05, 0) is 31.9 Å². The zero-order valence-electron chi connectivity index (χ0n) is 16.7. The Morgan fingerprint density at radius 2 is 1.68 bits per heavy atom. The van der Waals surface area contributed by atoms with E-state index in [9.17, 15) is 4.79 Å². The minimum Gasteiger partial charge on any atom is -0.493 e. The molecule has 1 saturated heterocycles. The van der Waals surface area contributed by atoms with Crippen molar-refractivity contribution in [2.75, 3.05) is 44.6 Å². The second kappa shape index (κ2) is 8.77. The average molecular weight is 386 g/mol. The number of carbonyl (C=O) groups is 1. The highest BCUT2D eigenvalue weighted by molar-refractivity contribution is 5.93. The highest BCUT2D eigenvalue weighted by atomic mass is 16.5. The number of hydrogen-bond acceptors (Lipinski definition) is 7. The molecule has 1 aromatic carbocycles. The Kier molecular flexibility index (Phi) is 6.18. The Morgan fingerprint density at radius 3 is 2.18 bits per heavy atom. The summed E-state index contributed by atoms with van der Waals surface area (Å²) >= 11 is 0. The van der Waals surface area contributed by atoms with Gasteiger partial charge < -0.3 is 24.4 Å². The van der Waals surface area contributed by atoms with Gasteiger partial charge in [0.2, 0.25) is 11.7 Å². The molecular formula is C20H26N4O4. The molecule has 0 unspecified atom stereocenters. The highest BCUT2D eigenvalue weighted by Gasteiger charge is 2.26. The van der Waals surface area contributed by atoms with Crippen LogP contribution in [0.25, 0.3) is 0 Å². The van der Waals surface area contributed by atoms with Crippen LogP contribution in [0.3, 0.4) is 0 Å². The Bertz CT molecular complexity index is 792. The summed E-state index contributed by atoms with van der Waals surface area (Å²) in [5.74, 6) is 2.29. The molecule has 28 heavy (non-hydrogen) atoms. The minimum atomic E-state index is -0.0613. The van der Waals surface area contributed by atoms with E-state index in [0.717, 1.165) is 37.4 Å². The van der Waals surface area contributed by atoms with E-state index in [1.165, 1.54) is 0 Å². The van der Waals surface area contributed by atoms with Gasteiger partial charge in [0, 0.05) is 36.8 Å². The number of ether oxygens (including phenoxy) is 3. The maximum atomic E-state index is 12.7. The zero-order chi connectivity index (χ0) is 20.1. The SMILES string of the molecule is COc1cc(NC(=O)C2CCN(c3ccc(C)nn3)CC2)cc(OC)c1OC. The van der Waals surface area contributed by atoms with Crippen molar-refractivity contribution in [2.24, 2.45) is 5.92 Å². The van der Waals surface area contributed by atoms with Crippen LogP contribution in [0.1, 0.15) is 18.5 Å². The summed E-state index contributed by atoms with van der Waals surface area (Å²) in [6.45, 7) is 3.45. The first kappa shape index (κ1) is 19.7. The molecular weight excluding hydrogens is 360 g/mol. The van der Waals surface area contributed by atoms with Crippen LogP contribution in [0, 0.1) is 12.8 Å². The second-order valence-corrected chi connectivity index (χ2v) is 6.70. The average Bonchev–Trinajstić information content (AvgIpc) is 2.73. The van der Waals surface area contributed by atoms with Gasteiger partial charge in [-0.2, -0.15) is 5.10 Å². The third-order valence-electron chi connectivity index (χ3n) is 4.91. The molecule has 0 aliphatic carbocycles. The van der Waals surface area contributed by atoms with Crippen molar-refractivity contribution in [3.8, 4) is 17.2 Å². The van der Waals surface area contributed by atoms with Crippen molar-refractivity contribution in [1.29, 1.82) is 0 Å². The number of rotatable bonds is 6. The predicted octanol–water partition coefficient (Wildman–Crippen LogP) is 2.67. The third-order valence-corrected chi connectivity index (χ3v) is 4.91. The number of nitrogens with one attached hydrogen (secondary N) is 1. The van der Waals surface area contributed by atoms with E-state index in [1.54, 1.807) is 33.5 Å². The Morgan fingerprint density at radius 1 is 1.04 bits per heavy atom. The van der Waals surface area contributed by atoms with Gasteiger partial charge in [-0.3, -0.25) is 4.79 Å². The first-order chi connectivity index (χ1) is 13.5. The monoisotopic (exact) mass is 386 g/mol. The molecule has 0 saturated carbocycles. The van der Waals surface area contributed by atoms with Crippen molar-refractivity contribution in [1.82, 2.24) is 10.2 Å². The number of nitrogens with zero attached hydrogens (tertiary/aromatic N) is 3. The van der Waals surface area contributed by atoms with Gasteiger partial charge in [-0.1, -0.05) is 0 Å². The summed E-state index contributed by atoms with van der Waals surface area (Å²) in [5, 5.41) is 11.3. The number of carbonyl (C=O) groups excluding carboxylic acids is 1. The standard InChI is InChI=1S/C20H26N4O4/c1-13-5-6-18(23-22-13)24-9-7-14(8-10-24)20(25)21-15-11-16(26-2)19(28-4)17(12-15)27-3/h5-6,11-12,14H,7-10H2,1-4H3,(H,21,25). The minimum absolute atomic E-state index is 0.0103. The van der Waals surface area contributed by atoms with Gasteiger partial charge in [-0.15, -0.1) is 5.10 Å². The van der Waals surface area contributed by atoms with Crippen LogP contribution >= 0.6 is 0 Å². The lowest BCUT2D eigenvalue weighted by Gasteiger charge is -2.31. The Balaban J connectivity index is 1.63. The summed E-state index contributed by atoms with van der Waals surface area (Å²) in [6.07, 6.45) is 1.51. The van der Waals surface area contributed by atoms with Crippen LogP contribution in [0.15, 0.2) is 24.3 Å². The topological polar surface area (TPSA) is 85.8 Å². The van der Waals surface area contributed by atoms with Gasteiger partial charge in [0.25, 0.3) is 0 Å². The molecule has 2 heterocycles. The summed E-state index contributed by atoms with van der Waals surface area (Å²) in [7, 11) is 4.64. The van der Waals surface area contributed by atoms with E-state index in [0.29, 0.717) is 22.9 Å². The molecule has 8 nitrogen and oxygen atoms in total. The van der Waals surface area contributed by atoms with Crippen molar-refractivity contribution in [3.05, 3.63) is 30.0 Å². The lowest BCUT2D eigenvalue weighted by Crippen LogP contribution is -2.38. The third kappa shape index (κ3) is 4.27. The number of piperidine rings is 1. The number of amides is 1. The van der Waals surface area contributed by atoms with Gasteiger partial charge >= 0.3 is 0 Å². The molecule has 1 aliphatic heterocycles. The molecule has 8 heteroatoms. The lowest BCUT2D eigenvalue weighted by molar-refractivity contribution is -0.120. The zero-order valence-corrected chi connectivity index (χ0v) is 16.7. The van der Waals surface area contributed by atoms with E-state index in [-0.39, 0.29) is 11.8 Å². The highest BCUT2D eigenvalue weighted by Crippen LogP contribution is 2.40. The number of benzene rings is 1. The normalized spacial score (nSPS) is 14.5. The van der Waals surface area contributed by atoms with Crippen LogP contribution in [-0.2, 0) is 4.79 Å². The fourth-order valence-corrected chi connectivity index (χ4v) is 3.33. The molecule has 1 aromatic heterocycles. The number of hydrogen-bond donors (Lipinski definition) is 1. The second-order valence-electron chi connectivity index (χ2n) is 6.70. The van der Waals surface area contributed by atoms with Crippen molar-refractivity contribution < 1.29 is 19.0 Å². The molecule has 2 aromatic rings. The molecule has 1 fully saturated rings. The van der Waals surface area contributed by atoms with E-state index < -0.39 is 0 Å². The first-order valence-corrected chi connectivity index (χ1v) is 9.22. The van der Waals surface area contributed by atoms with Crippen LogP contribution in [-0.4, -0.2) is 50.5 Å². The van der Waals surface area contributed by atoms with Crippen LogP contribution in [0.4, 0.5) is 11.5 Å². The molecule has 150 valence electrons. The van der Waals surface area contributed by atoms with Gasteiger partial charge in [0.1, 0.15) is 0 Å². The van der Waals surface area contributed by atoms with Gasteiger partial charge in [-0.25, -0.2) is 0 Å². The number of aryl methyl sites for hydroxylation is 1. The Labute approximate surface area is 164 Å². The number of anilines is 2. The van der Waals surface area contributed by atoms with E-state index >= 15 is 0 Å². The molecule has 0 spiro atoms. The number of methoxy groups -OCH3 is 3. The lowest BCUT2D eigenvalue weighted by atomic mass is 9.95. The fraction of sp³-hybridized carbons (Fsp3) is 0.450. The Hall–Kier alpha value is -3.03. The number of aromatic nitrogens is 2. The van der Waals surface area contributed by atoms with E-state index in [2.05, 4.69) is 20.4 Å². The molecule has 1 amide bonds. The quantitative estimate of drug-likeness (QED) is 0.817. The summed E-state index contributed by atoms with van der Waals surface area (Å²) in [6, 6.07) is 7.39. The van der Waals surface area contributed by atoms with Crippen molar-refractivity contribution in [3.63, 3.8) is 0 Å². The molecule has 0 atom stereocenters. The van der Waals surface area contributed by atoms with Gasteiger partial charge in [0.15, 0.2) is 17.3 Å². The maximum Gasteiger partial charge on any atom is 0.227 e. The fourth-order valence-electron chi connectivity index (χ4n) is 3.33. The molecule has 0 radical (unpaired) electrons. The van der Waals surface area contributed by atoms with Crippen LogP contribution < -0.4 is 24.4 Å².